The van der Waals surface area contributed by atoms with Gasteiger partial charge in [0.15, 0.2) is 0 Å². The molecule has 0 aromatic heterocycles. The third-order valence-corrected chi connectivity index (χ3v) is 2.89. The number of aromatic hydroxyl groups is 1. The van der Waals surface area contributed by atoms with Gasteiger partial charge in [-0.3, -0.25) is 0 Å². The Balaban J connectivity index is 2.60. The lowest BCUT2D eigenvalue weighted by Gasteiger charge is -2.13. The Labute approximate surface area is 106 Å². The largest absolute Gasteiger partial charge is 0.507 e. The lowest BCUT2D eigenvalue weighted by molar-refractivity contribution is 0.477. The molecule has 2 rings (SSSR count). The zero-order chi connectivity index (χ0) is 13.1. The normalized spacial score (nSPS) is 10.1. The van der Waals surface area contributed by atoms with Crippen LogP contribution in [0, 0.1) is 0 Å². The van der Waals surface area contributed by atoms with Crippen molar-refractivity contribution in [2.45, 2.75) is 0 Å². The smallest absolute Gasteiger partial charge is 0.123 e. The van der Waals surface area contributed by atoms with Gasteiger partial charge in [0.2, 0.25) is 0 Å². The molecule has 0 saturated heterocycles. The van der Waals surface area contributed by atoms with Gasteiger partial charge in [0.05, 0.1) is 0 Å². The fraction of sp³-hybridized carbons (Fsp3) is 0.143. The van der Waals surface area contributed by atoms with Crippen LogP contribution in [0.25, 0.3) is 11.1 Å². The maximum Gasteiger partial charge on any atom is 0.123 e. The van der Waals surface area contributed by atoms with Gasteiger partial charge in [0.25, 0.3) is 0 Å². The van der Waals surface area contributed by atoms with Crippen LogP contribution in [0.3, 0.4) is 0 Å². The Kier molecular flexibility index (Phi) is 3.28. The lowest BCUT2D eigenvalue weighted by atomic mass is 10.0. The second kappa shape index (κ2) is 4.87. The first kappa shape index (κ1) is 12.1. The van der Waals surface area contributed by atoms with E-state index >= 15 is 0 Å². The summed E-state index contributed by atoms with van der Waals surface area (Å²) in [7, 11) is 3.68. The van der Waals surface area contributed by atoms with Crippen LogP contribution in [0.4, 0.5) is 17.1 Å². The van der Waals surface area contributed by atoms with Crippen molar-refractivity contribution in [2.75, 3.05) is 30.5 Å². The van der Waals surface area contributed by atoms with Crippen LogP contribution in [0.15, 0.2) is 36.4 Å². The molecule has 0 aliphatic rings. The number of hydrogen-bond donors (Lipinski definition) is 4. The van der Waals surface area contributed by atoms with Crippen molar-refractivity contribution in [1.29, 1.82) is 0 Å². The van der Waals surface area contributed by atoms with E-state index in [-0.39, 0.29) is 5.75 Å². The first-order chi connectivity index (χ1) is 8.65. The van der Waals surface area contributed by atoms with Crippen molar-refractivity contribution in [3.8, 4) is 16.9 Å². The van der Waals surface area contributed by atoms with Crippen LogP contribution in [0.5, 0.6) is 5.75 Å². The third-order valence-electron chi connectivity index (χ3n) is 2.89. The molecule has 5 N–H and O–H groups in total. The van der Waals surface area contributed by atoms with Crippen molar-refractivity contribution in [3.05, 3.63) is 36.4 Å². The minimum atomic E-state index is 0.246. The number of hydrogen-bond acceptors (Lipinski definition) is 4. The molecular weight excluding hydrogens is 226 g/mol. The van der Waals surface area contributed by atoms with Crippen LogP contribution < -0.4 is 16.4 Å². The molecule has 0 fully saturated rings. The van der Waals surface area contributed by atoms with Gasteiger partial charge in [-0.15, -0.1) is 0 Å². The highest BCUT2D eigenvalue weighted by Gasteiger charge is 2.09. The van der Waals surface area contributed by atoms with E-state index in [0.717, 1.165) is 22.5 Å². The molecule has 2 aromatic rings. The predicted octanol–water partition coefficient (Wildman–Crippen LogP) is 2.72. The third kappa shape index (κ3) is 2.18. The standard InChI is InChI=1S/C14H17N3O/c1-16-10-4-6-14(18)12(8-10)11-5-3-9(15)7-13(11)17-2/h3-8,16-18H,15H2,1-2H3. The van der Waals surface area contributed by atoms with Crippen molar-refractivity contribution in [2.24, 2.45) is 0 Å². The summed E-state index contributed by atoms with van der Waals surface area (Å²) in [5.41, 5.74) is 9.97. The van der Waals surface area contributed by atoms with Crippen molar-refractivity contribution in [3.63, 3.8) is 0 Å². The summed E-state index contributed by atoms with van der Waals surface area (Å²) in [4.78, 5) is 0. The van der Waals surface area contributed by atoms with E-state index in [0.29, 0.717) is 5.69 Å². The molecule has 4 heteroatoms. The number of rotatable bonds is 3. The van der Waals surface area contributed by atoms with Crippen molar-refractivity contribution >= 4 is 17.1 Å². The Morgan fingerprint density at radius 3 is 2.39 bits per heavy atom. The van der Waals surface area contributed by atoms with Gasteiger partial charge in [-0.1, -0.05) is 6.07 Å². The molecule has 0 bridgehead atoms. The van der Waals surface area contributed by atoms with Gasteiger partial charge in [-0.2, -0.15) is 0 Å². The zero-order valence-corrected chi connectivity index (χ0v) is 10.5. The Bertz CT molecular complexity index is 567. The number of nitrogens with two attached hydrogens (primary N) is 1. The molecule has 4 nitrogen and oxygen atoms in total. The lowest BCUT2D eigenvalue weighted by Crippen LogP contribution is -1.95. The average molecular weight is 243 g/mol. The average Bonchev–Trinajstić information content (AvgIpc) is 2.39. The number of phenols is 1. The van der Waals surface area contributed by atoms with E-state index in [4.69, 9.17) is 5.73 Å². The van der Waals surface area contributed by atoms with E-state index < -0.39 is 0 Å². The second-order valence-electron chi connectivity index (χ2n) is 4.04. The first-order valence-electron chi connectivity index (χ1n) is 5.74. The van der Waals surface area contributed by atoms with Crippen LogP contribution in [-0.2, 0) is 0 Å². The molecule has 0 unspecified atom stereocenters. The molecule has 0 atom stereocenters. The fourth-order valence-corrected chi connectivity index (χ4v) is 1.91. The molecule has 18 heavy (non-hydrogen) atoms. The quantitative estimate of drug-likeness (QED) is 0.494. The molecule has 0 aliphatic carbocycles. The van der Waals surface area contributed by atoms with Gasteiger partial charge in [-0.05, 0) is 30.3 Å². The minimum absolute atomic E-state index is 0.246. The van der Waals surface area contributed by atoms with Crippen LogP contribution >= 0.6 is 0 Å². The molecule has 0 aliphatic heterocycles. The number of benzene rings is 2. The number of nitrogen functional groups attached to an aromatic ring is 1. The molecule has 94 valence electrons. The Morgan fingerprint density at radius 2 is 1.72 bits per heavy atom. The van der Waals surface area contributed by atoms with Crippen molar-refractivity contribution < 1.29 is 5.11 Å². The summed E-state index contributed by atoms with van der Waals surface area (Å²) in [6, 6.07) is 11.0. The predicted molar refractivity (Wildman–Crippen MR) is 77.0 cm³/mol. The van der Waals surface area contributed by atoms with Crippen LogP contribution in [-0.4, -0.2) is 19.2 Å². The van der Waals surface area contributed by atoms with E-state index in [1.165, 1.54) is 0 Å². The highest BCUT2D eigenvalue weighted by Crippen LogP contribution is 2.36. The van der Waals surface area contributed by atoms with Gasteiger partial charge < -0.3 is 21.5 Å². The molecule has 0 heterocycles. The summed E-state index contributed by atoms with van der Waals surface area (Å²) in [6.07, 6.45) is 0. The molecular formula is C14H17N3O. The van der Waals surface area contributed by atoms with Crippen molar-refractivity contribution in [1.82, 2.24) is 0 Å². The fourth-order valence-electron chi connectivity index (χ4n) is 1.91. The monoisotopic (exact) mass is 243 g/mol. The minimum Gasteiger partial charge on any atom is -0.507 e. The molecule has 2 aromatic carbocycles. The summed E-state index contributed by atoms with van der Waals surface area (Å²) < 4.78 is 0. The van der Waals surface area contributed by atoms with Gasteiger partial charge in [0.1, 0.15) is 5.75 Å². The number of nitrogens with one attached hydrogen (secondary N) is 2. The second-order valence-corrected chi connectivity index (χ2v) is 4.04. The molecule has 0 spiro atoms. The van der Waals surface area contributed by atoms with E-state index in [2.05, 4.69) is 10.6 Å². The summed E-state index contributed by atoms with van der Waals surface area (Å²) in [5, 5.41) is 16.1. The topological polar surface area (TPSA) is 70.3 Å². The maximum atomic E-state index is 9.99. The summed E-state index contributed by atoms with van der Waals surface area (Å²) in [6.45, 7) is 0. The highest BCUT2D eigenvalue weighted by molar-refractivity contribution is 5.85. The molecule has 0 amide bonds. The van der Waals surface area contributed by atoms with Gasteiger partial charge in [0, 0.05) is 42.3 Å². The summed E-state index contributed by atoms with van der Waals surface area (Å²) in [5.74, 6) is 0.246. The highest BCUT2D eigenvalue weighted by atomic mass is 16.3. The molecule has 0 radical (unpaired) electrons. The Morgan fingerprint density at radius 1 is 0.944 bits per heavy atom. The number of anilines is 3. The van der Waals surface area contributed by atoms with E-state index in [9.17, 15) is 5.11 Å². The number of phenolic OH excluding ortho intramolecular Hbond substituents is 1. The van der Waals surface area contributed by atoms with E-state index in [1.807, 2.05) is 44.4 Å². The van der Waals surface area contributed by atoms with Crippen LogP contribution in [0.1, 0.15) is 0 Å². The first-order valence-corrected chi connectivity index (χ1v) is 5.74. The summed E-state index contributed by atoms with van der Waals surface area (Å²) >= 11 is 0. The maximum absolute atomic E-state index is 9.99. The van der Waals surface area contributed by atoms with Gasteiger partial charge in [-0.25, -0.2) is 0 Å². The SMILES string of the molecule is CNc1ccc(O)c(-c2ccc(N)cc2NC)c1. The van der Waals surface area contributed by atoms with Crippen LogP contribution in [0.2, 0.25) is 0 Å². The zero-order valence-electron chi connectivity index (χ0n) is 10.5. The molecule has 0 saturated carbocycles. The Hall–Kier alpha value is -2.36. The van der Waals surface area contributed by atoms with Gasteiger partial charge >= 0.3 is 0 Å². The van der Waals surface area contributed by atoms with E-state index in [1.54, 1.807) is 6.07 Å².